The Hall–Kier alpha value is -1.16. The maximum Gasteiger partial charge on any atom is 0.184 e. The molecule has 3 atom stereocenters. The van der Waals surface area contributed by atoms with Crippen LogP contribution < -0.4 is 0 Å². The van der Waals surface area contributed by atoms with Crippen molar-refractivity contribution < 1.29 is 14.6 Å². The van der Waals surface area contributed by atoms with E-state index < -0.39 is 6.10 Å². The summed E-state index contributed by atoms with van der Waals surface area (Å²) in [4.78, 5) is 0. The summed E-state index contributed by atoms with van der Waals surface area (Å²) in [5.41, 5.74) is 0.998. The molecule has 1 saturated heterocycles. The van der Waals surface area contributed by atoms with Crippen LogP contribution in [0.25, 0.3) is 0 Å². The molecule has 1 aliphatic heterocycles. The molecule has 1 unspecified atom stereocenters. The van der Waals surface area contributed by atoms with Crippen LogP contribution in [0.5, 0.6) is 0 Å². The lowest BCUT2D eigenvalue weighted by Gasteiger charge is -2.32. The van der Waals surface area contributed by atoms with Crippen LogP contribution in [0.2, 0.25) is 0 Å². The Bertz CT molecular complexity index is 514. The summed E-state index contributed by atoms with van der Waals surface area (Å²) in [7, 11) is 0. The maximum atomic E-state index is 10.1. The molecule has 0 aromatic heterocycles. The van der Waals surface area contributed by atoms with Gasteiger partial charge in [-0.2, -0.15) is 0 Å². The summed E-state index contributed by atoms with van der Waals surface area (Å²) in [6.07, 6.45) is 19.0. The second kappa shape index (κ2) is 14.8. The van der Waals surface area contributed by atoms with E-state index in [4.69, 9.17) is 9.47 Å². The maximum absolute atomic E-state index is 10.1. The zero-order valence-electron chi connectivity index (χ0n) is 17.7. The highest BCUT2D eigenvalue weighted by Gasteiger charge is 2.29. The minimum absolute atomic E-state index is 0.285. The van der Waals surface area contributed by atoms with E-state index in [1.165, 1.54) is 70.6 Å². The van der Waals surface area contributed by atoms with Gasteiger partial charge in [0.05, 0.1) is 6.61 Å². The van der Waals surface area contributed by atoms with Crippen LogP contribution in [-0.2, 0) is 9.47 Å². The van der Waals surface area contributed by atoms with E-state index in [-0.39, 0.29) is 12.4 Å². The van der Waals surface area contributed by atoms with E-state index in [0.717, 1.165) is 12.0 Å². The summed E-state index contributed by atoms with van der Waals surface area (Å²) in [6.45, 7) is 2.59. The number of hydrogen-bond acceptors (Lipinski definition) is 3. The fraction of sp³-hybridized carbons (Fsp3) is 0.680. The molecule has 1 aromatic carbocycles. The minimum Gasteiger partial charge on any atom is -0.388 e. The van der Waals surface area contributed by atoms with Crippen molar-refractivity contribution in [2.24, 2.45) is 0 Å². The van der Waals surface area contributed by atoms with Crippen molar-refractivity contribution in [1.29, 1.82) is 0 Å². The lowest BCUT2D eigenvalue weighted by Crippen LogP contribution is -2.39. The summed E-state index contributed by atoms with van der Waals surface area (Å²) in [6, 6.07) is 9.92. The van der Waals surface area contributed by atoms with Crippen molar-refractivity contribution in [1.82, 2.24) is 0 Å². The highest BCUT2D eigenvalue weighted by atomic mass is 16.7. The SMILES string of the molecule is CCCCCCCCCCCCCC=C[C@H]1OC(c2ccccc2)OC[C@@H]1O. The van der Waals surface area contributed by atoms with E-state index >= 15 is 0 Å². The molecular formula is C25H40O3. The number of aliphatic hydroxyl groups is 1. The Kier molecular flexibility index (Phi) is 12.2. The predicted octanol–water partition coefficient (Wildman–Crippen LogP) is 6.72. The molecule has 0 saturated carbocycles. The van der Waals surface area contributed by atoms with Gasteiger partial charge < -0.3 is 14.6 Å². The smallest absolute Gasteiger partial charge is 0.184 e. The minimum atomic E-state index is -0.589. The van der Waals surface area contributed by atoms with Crippen molar-refractivity contribution in [2.45, 2.75) is 102 Å². The average molecular weight is 389 g/mol. The quantitative estimate of drug-likeness (QED) is 0.284. The summed E-state index contributed by atoms with van der Waals surface area (Å²) in [5, 5.41) is 10.1. The van der Waals surface area contributed by atoms with Gasteiger partial charge in [-0.1, -0.05) is 114 Å². The second-order valence-corrected chi connectivity index (χ2v) is 8.00. The number of allylic oxidation sites excluding steroid dienone is 1. The number of benzene rings is 1. The van der Waals surface area contributed by atoms with Crippen molar-refractivity contribution in [3.8, 4) is 0 Å². The number of rotatable bonds is 14. The Labute approximate surface area is 172 Å². The number of ether oxygens (including phenoxy) is 2. The molecule has 0 spiro atoms. The van der Waals surface area contributed by atoms with Crippen molar-refractivity contribution in [2.75, 3.05) is 6.61 Å². The molecule has 1 N–H and O–H groups in total. The van der Waals surface area contributed by atoms with Crippen LogP contribution in [0.3, 0.4) is 0 Å². The molecule has 0 bridgehead atoms. The summed E-state index contributed by atoms with van der Waals surface area (Å²) >= 11 is 0. The molecule has 28 heavy (non-hydrogen) atoms. The average Bonchev–Trinajstić information content (AvgIpc) is 2.73. The van der Waals surface area contributed by atoms with E-state index in [1.807, 2.05) is 36.4 Å². The van der Waals surface area contributed by atoms with Crippen LogP contribution >= 0.6 is 0 Å². The van der Waals surface area contributed by atoms with Crippen molar-refractivity contribution in [3.05, 3.63) is 48.0 Å². The summed E-state index contributed by atoms with van der Waals surface area (Å²) < 4.78 is 11.6. The Morgan fingerprint density at radius 3 is 2.14 bits per heavy atom. The first kappa shape index (κ1) is 23.1. The van der Waals surface area contributed by atoms with Gasteiger partial charge in [-0.3, -0.25) is 0 Å². The van der Waals surface area contributed by atoms with E-state index in [9.17, 15) is 5.11 Å². The topological polar surface area (TPSA) is 38.7 Å². The molecule has 3 nitrogen and oxygen atoms in total. The zero-order chi connectivity index (χ0) is 19.9. The zero-order valence-corrected chi connectivity index (χ0v) is 17.7. The fourth-order valence-corrected chi connectivity index (χ4v) is 3.67. The normalized spacial score (nSPS) is 22.7. The van der Waals surface area contributed by atoms with Gasteiger partial charge in [-0.05, 0) is 12.8 Å². The third-order valence-electron chi connectivity index (χ3n) is 5.45. The van der Waals surface area contributed by atoms with Gasteiger partial charge in [-0.25, -0.2) is 0 Å². The van der Waals surface area contributed by atoms with E-state index in [0.29, 0.717) is 6.61 Å². The lowest BCUT2D eigenvalue weighted by molar-refractivity contribution is -0.243. The fourth-order valence-electron chi connectivity index (χ4n) is 3.67. The molecule has 1 aliphatic rings. The highest BCUT2D eigenvalue weighted by Crippen LogP contribution is 2.27. The molecule has 2 rings (SSSR count). The van der Waals surface area contributed by atoms with Crippen LogP contribution in [-0.4, -0.2) is 23.9 Å². The molecule has 0 aliphatic carbocycles. The van der Waals surface area contributed by atoms with Gasteiger partial charge in [-0.15, -0.1) is 0 Å². The monoisotopic (exact) mass is 388 g/mol. The second-order valence-electron chi connectivity index (χ2n) is 8.00. The molecule has 0 radical (unpaired) electrons. The number of hydrogen-bond donors (Lipinski definition) is 1. The van der Waals surface area contributed by atoms with E-state index in [1.54, 1.807) is 0 Å². The molecule has 1 aromatic rings. The van der Waals surface area contributed by atoms with Gasteiger partial charge >= 0.3 is 0 Å². The molecule has 1 fully saturated rings. The van der Waals surface area contributed by atoms with Crippen LogP contribution in [0.4, 0.5) is 0 Å². The predicted molar refractivity (Wildman–Crippen MR) is 116 cm³/mol. The first-order valence-electron chi connectivity index (χ1n) is 11.5. The number of unbranched alkanes of at least 4 members (excludes halogenated alkanes) is 11. The third-order valence-corrected chi connectivity index (χ3v) is 5.45. The van der Waals surface area contributed by atoms with E-state index in [2.05, 4.69) is 13.0 Å². The Balaban J connectivity index is 1.51. The van der Waals surface area contributed by atoms with Crippen molar-refractivity contribution in [3.63, 3.8) is 0 Å². The number of aliphatic hydroxyl groups excluding tert-OH is 1. The third kappa shape index (κ3) is 9.36. The van der Waals surface area contributed by atoms with Crippen molar-refractivity contribution >= 4 is 0 Å². The van der Waals surface area contributed by atoms with Gasteiger partial charge in [0, 0.05) is 5.56 Å². The largest absolute Gasteiger partial charge is 0.388 e. The molecule has 3 heteroatoms. The Morgan fingerprint density at radius 2 is 1.50 bits per heavy atom. The standard InChI is InChI=1S/C25H40O3/c1-2-3-4-5-6-7-8-9-10-11-12-13-17-20-24-23(26)21-27-25(28-24)22-18-15-14-16-19-22/h14-20,23-26H,2-13,21H2,1H3/t23-,24+,25?/m0/s1. The van der Waals surface area contributed by atoms with Gasteiger partial charge in [0.1, 0.15) is 12.2 Å². The molecular weight excluding hydrogens is 348 g/mol. The van der Waals surface area contributed by atoms with Crippen LogP contribution in [0, 0.1) is 0 Å². The summed E-state index contributed by atoms with van der Waals surface area (Å²) in [5.74, 6) is 0. The molecule has 158 valence electrons. The first-order chi connectivity index (χ1) is 13.8. The van der Waals surface area contributed by atoms with Crippen LogP contribution in [0.15, 0.2) is 42.5 Å². The van der Waals surface area contributed by atoms with Gasteiger partial charge in [0.2, 0.25) is 0 Å². The van der Waals surface area contributed by atoms with Crippen LogP contribution in [0.1, 0.15) is 95.8 Å². The first-order valence-corrected chi connectivity index (χ1v) is 11.5. The van der Waals surface area contributed by atoms with Gasteiger partial charge in [0.25, 0.3) is 0 Å². The molecule has 1 heterocycles. The van der Waals surface area contributed by atoms with Gasteiger partial charge in [0.15, 0.2) is 6.29 Å². The Morgan fingerprint density at radius 1 is 0.893 bits per heavy atom. The molecule has 0 amide bonds. The highest BCUT2D eigenvalue weighted by molar-refractivity contribution is 5.16. The lowest BCUT2D eigenvalue weighted by atomic mass is 10.0.